The van der Waals surface area contributed by atoms with Crippen LogP contribution in [0, 0.1) is 23.2 Å². The Morgan fingerprint density at radius 2 is 1.80 bits per heavy atom. The fourth-order valence-corrected chi connectivity index (χ4v) is 3.17. The van der Waals surface area contributed by atoms with Crippen LogP contribution in [-0.2, 0) is 9.47 Å². The molecule has 2 nitrogen and oxygen atoms in total. The third kappa shape index (κ3) is 1.94. The molecule has 0 aromatic rings. The molecule has 88 valence electrons. The van der Waals surface area contributed by atoms with Crippen molar-refractivity contribution in [3.05, 3.63) is 0 Å². The molecule has 1 aliphatic heterocycles. The van der Waals surface area contributed by atoms with Crippen LogP contribution in [0.4, 0.5) is 0 Å². The summed E-state index contributed by atoms with van der Waals surface area (Å²) in [4.78, 5) is 0. The molecule has 0 aromatic carbocycles. The van der Waals surface area contributed by atoms with E-state index < -0.39 is 0 Å². The molecule has 2 rings (SSSR count). The van der Waals surface area contributed by atoms with Gasteiger partial charge >= 0.3 is 0 Å². The van der Waals surface area contributed by atoms with Crippen molar-refractivity contribution in [2.45, 2.75) is 53.4 Å². The SMILES string of the molecule is CC1COC(C2CC(C)(C)C(C)C2C)O1. The highest BCUT2D eigenvalue weighted by Gasteiger charge is 2.48. The number of ether oxygens (including phenoxy) is 2. The molecule has 5 unspecified atom stereocenters. The van der Waals surface area contributed by atoms with E-state index in [0.717, 1.165) is 12.5 Å². The lowest BCUT2D eigenvalue weighted by molar-refractivity contribution is -0.104. The van der Waals surface area contributed by atoms with Gasteiger partial charge in [0, 0.05) is 5.92 Å². The molecule has 2 aliphatic rings. The predicted molar refractivity (Wildman–Crippen MR) is 60.5 cm³/mol. The Labute approximate surface area is 93.3 Å². The zero-order chi connectivity index (χ0) is 11.2. The molecule has 2 fully saturated rings. The summed E-state index contributed by atoms with van der Waals surface area (Å²) >= 11 is 0. The van der Waals surface area contributed by atoms with E-state index in [2.05, 4.69) is 34.6 Å². The summed E-state index contributed by atoms with van der Waals surface area (Å²) in [5.74, 6) is 2.04. The number of hydrogen-bond acceptors (Lipinski definition) is 2. The van der Waals surface area contributed by atoms with Crippen molar-refractivity contribution in [3.63, 3.8) is 0 Å². The largest absolute Gasteiger partial charge is 0.350 e. The Kier molecular flexibility index (Phi) is 2.85. The highest BCUT2D eigenvalue weighted by molar-refractivity contribution is 4.94. The Hall–Kier alpha value is -0.0800. The highest BCUT2D eigenvalue weighted by Crippen LogP contribution is 2.51. The zero-order valence-electron chi connectivity index (χ0n) is 10.6. The van der Waals surface area contributed by atoms with Gasteiger partial charge in [0.2, 0.25) is 0 Å². The van der Waals surface area contributed by atoms with Crippen LogP contribution >= 0.6 is 0 Å². The Morgan fingerprint density at radius 3 is 2.20 bits per heavy atom. The van der Waals surface area contributed by atoms with Crippen LogP contribution in [0.3, 0.4) is 0 Å². The maximum absolute atomic E-state index is 5.84. The molecular formula is C13H24O2. The van der Waals surface area contributed by atoms with Gasteiger partial charge in [-0.15, -0.1) is 0 Å². The average molecular weight is 212 g/mol. The van der Waals surface area contributed by atoms with Gasteiger partial charge in [0.1, 0.15) is 0 Å². The second kappa shape index (κ2) is 3.74. The van der Waals surface area contributed by atoms with E-state index in [0.29, 0.717) is 17.3 Å². The molecule has 1 heterocycles. The quantitative estimate of drug-likeness (QED) is 0.665. The Morgan fingerprint density at radius 1 is 1.13 bits per heavy atom. The number of hydrogen-bond donors (Lipinski definition) is 0. The van der Waals surface area contributed by atoms with Crippen LogP contribution in [0.25, 0.3) is 0 Å². The van der Waals surface area contributed by atoms with Gasteiger partial charge in [-0.1, -0.05) is 27.7 Å². The van der Waals surface area contributed by atoms with E-state index in [9.17, 15) is 0 Å². The Balaban J connectivity index is 2.05. The smallest absolute Gasteiger partial charge is 0.161 e. The van der Waals surface area contributed by atoms with Crippen molar-refractivity contribution in [1.82, 2.24) is 0 Å². The molecule has 1 saturated carbocycles. The fraction of sp³-hybridized carbons (Fsp3) is 1.00. The molecule has 1 aliphatic carbocycles. The summed E-state index contributed by atoms with van der Waals surface area (Å²) in [7, 11) is 0. The van der Waals surface area contributed by atoms with Crippen molar-refractivity contribution >= 4 is 0 Å². The van der Waals surface area contributed by atoms with Crippen LogP contribution in [-0.4, -0.2) is 19.0 Å². The molecule has 0 spiro atoms. The molecule has 2 heteroatoms. The fourth-order valence-electron chi connectivity index (χ4n) is 3.17. The minimum atomic E-state index is 0.0548. The van der Waals surface area contributed by atoms with E-state index in [1.54, 1.807) is 0 Å². The first-order valence-electron chi connectivity index (χ1n) is 6.19. The van der Waals surface area contributed by atoms with Gasteiger partial charge in [-0.25, -0.2) is 0 Å². The first-order valence-corrected chi connectivity index (χ1v) is 6.19. The monoisotopic (exact) mass is 212 g/mol. The van der Waals surface area contributed by atoms with Gasteiger partial charge < -0.3 is 9.47 Å². The molecule has 1 saturated heterocycles. The minimum absolute atomic E-state index is 0.0548. The van der Waals surface area contributed by atoms with E-state index in [-0.39, 0.29) is 12.4 Å². The van der Waals surface area contributed by atoms with Crippen molar-refractivity contribution in [2.24, 2.45) is 23.2 Å². The molecule has 5 atom stereocenters. The normalized spacial score (nSPS) is 49.8. The standard InChI is InChI=1S/C13H24O2/c1-8-7-14-12(15-8)11-6-13(4,5)10(3)9(11)2/h8-12H,6-7H2,1-5H3. The first kappa shape index (κ1) is 11.4. The first-order chi connectivity index (χ1) is 6.92. The summed E-state index contributed by atoms with van der Waals surface area (Å²) in [6.07, 6.45) is 1.56. The van der Waals surface area contributed by atoms with Gasteiger partial charge in [-0.2, -0.15) is 0 Å². The molecule has 0 amide bonds. The Bertz CT molecular complexity index is 237. The van der Waals surface area contributed by atoms with Crippen molar-refractivity contribution in [2.75, 3.05) is 6.61 Å². The summed E-state index contributed by atoms with van der Waals surface area (Å²) in [6.45, 7) is 12.3. The molecular weight excluding hydrogens is 188 g/mol. The second-order valence-electron chi connectivity index (χ2n) is 6.15. The van der Waals surface area contributed by atoms with Crippen LogP contribution < -0.4 is 0 Å². The van der Waals surface area contributed by atoms with Gasteiger partial charge in [0.15, 0.2) is 6.29 Å². The van der Waals surface area contributed by atoms with Gasteiger partial charge in [-0.05, 0) is 30.6 Å². The summed E-state index contributed by atoms with van der Waals surface area (Å²) in [5.41, 5.74) is 0.433. The average Bonchev–Trinajstić information content (AvgIpc) is 2.65. The molecule has 0 radical (unpaired) electrons. The van der Waals surface area contributed by atoms with Crippen LogP contribution in [0.2, 0.25) is 0 Å². The van der Waals surface area contributed by atoms with E-state index in [1.807, 2.05) is 0 Å². The van der Waals surface area contributed by atoms with E-state index in [1.165, 1.54) is 6.42 Å². The van der Waals surface area contributed by atoms with Crippen LogP contribution in [0.15, 0.2) is 0 Å². The van der Waals surface area contributed by atoms with Crippen molar-refractivity contribution < 1.29 is 9.47 Å². The summed E-state index contributed by atoms with van der Waals surface area (Å²) in [6, 6.07) is 0. The van der Waals surface area contributed by atoms with Gasteiger partial charge in [0.05, 0.1) is 12.7 Å². The molecule has 15 heavy (non-hydrogen) atoms. The minimum Gasteiger partial charge on any atom is -0.350 e. The van der Waals surface area contributed by atoms with E-state index >= 15 is 0 Å². The maximum Gasteiger partial charge on any atom is 0.161 e. The summed E-state index contributed by atoms with van der Waals surface area (Å²) in [5, 5.41) is 0. The zero-order valence-corrected chi connectivity index (χ0v) is 10.6. The lowest BCUT2D eigenvalue weighted by Gasteiger charge is -2.25. The van der Waals surface area contributed by atoms with Gasteiger partial charge in [0.25, 0.3) is 0 Å². The number of rotatable bonds is 1. The lowest BCUT2D eigenvalue weighted by Crippen LogP contribution is -2.25. The molecule has 0 aromatic heterocycles. The molecule has 0 N–H and O–H groups in total. The maximum atomic E-state index is 5.84. The van der Waals surface area contributed by atoms with Gasteiger partial charge in [-0.3, -0.25) is 0 Å². The van der Waals surface area contributed by atoms with Crippen molar-refractivity contribution in [3.8, 4) is 0 Å². The third-order valence-electron chi connectivity index (χ3n) is 4.67. The van der Waals surface area contributed by atoms with Crippen LogP contribution in [0.5, 0.6) is 0 Å². The summed E-state index contributed by atoms with van der Waals surface area (Å²) < 4.78 is 11.6. The highest BCUT2D eigenvalue weighted by atomic mass is 16.7. The van der Waals surface area contributed by atoms with Crippen molar-refractivity contribution in [1.29, 1.82) is 0 Å². The second-order valence-corrected chi connectivity index (χ2v) is 6.15. The van der Waals surface area contributed by atoms with Crippen LogP contribution in [0.1, 0.15) is 41.0 Å². The predicted octanol–water partition coefficient (Wildman–Crippen LogP) is 3.07. The van der Waals surface area contributed by atoms with E-state index in [4.69, 9.17) is 9.47 Å². The molecule has 0 bridgehead atoms. The lowest BCUT2D eigenvalue weighted by atomic mass is 9.81. The topological polar surface area (TPSA) is 18.5 Å². The third-order valence-corrected chi connectivity index (χ3v) is 4.67.